The summed E-state index contributed by atoms with van der Waals surface area (Å²) in [5.41, 5.74) is 8.25. The summed E-state index contributed by atoms with van der Waals surface area (Å²) in [6.07, 6.45) is 7.56. The third-order valence-electron chi connectivity index (χ3n) is 4.49. The molecule has 1 nitrogen and oxygen atoms in total. The van der Waals surface area contributed by atoms with Crippen LogP contribution in [0.2, 0.25) is 0 Å². The number of hydrogen-bond donors (Lipinski definition) is 1. The molecule has 0 heterocycles. The molecule has 1 aromatic rings. The van der Waals surface area contributed by atoms with Gasteiger partial charge in [0, 0.05) is 10.5 Å². The van der Waals surface area contributed by atoms with E-state index in [0.29, 0.717) is 11.5 Å². The molecule has 2 N–H and O–H groups in total. The number of nitrogens with two attached hydrogens (primary N) is 1. The zero-order valence-corrected chi connectivity index (χ0v) is 12.2. The number of rotatable bonds is 4. The van der Waals surface area contributed by atoms with Crippen LogP contribution in [-0.2, 0) is 6.42 Å². The summed E-state index contributed by atoms with van der Waals surface area (Å²) in [4.78, 5) is 0. The summed E-state index contributed by atoms with van der Waals surface area (Å²) in [6, 6.07) is 8.75. The third kappa shape index (κ3) is 2.74. The van der Waals surface area contributed by atoms with E-state index in [-0.39, 0.29) is 0 Å². The van der Waals surface area contributed by atoms with Gasteiger partial charge in [0.25, 0.3) is 0 Å². The molecule has 1 aliphatic rings. The molecule has 17 heavy (non-hydrogen) atoms. The van der Waals surface area contributed by atoms with E-state index in [2.05, 4.69) is 47.1 Å². The summed E-state index contributed by atoms with van der Waals surface area (Å²) in [6.45, 7) is 2.30. The molecular weight excluding hydrogens is 274 g/mol. The molecule has 1 aliphatic carbocycles. The Bertz CT molecular complexity index is 369. The molecule has 1 saturated carbocycles. The topological polar surface area (TPSA) is 26.0 Å². The highest BCUT2D eigenvalue weighted by Crippen LogP contribution is 2.44. The zero-order valence-electron chi connectivity index (χ0n) is 10.6. The maximum atomic E-state index is 6.50. The van der Waals surface area contributed by atoms with E-state index in [1.165, 1.54) is 42.1 Å². The summed E-state index contributed by atoms with van der Waals surface area (Å²) >= 11 is 3.62. The molecule has 0 amide bonds. The Morgan fingerprint density at radius 1 is 1.29 bits per heavy atom. The molecule has 1 atom stereocenters. The number of halogens is 1. The second-order valence-corrected chi connectivity index (χ2v) is 6.18. The van der Waals surface area contributed by atoms with E-state index in [1.807, 2.05) is 0 Å². The quantitative estimate of drug-likeness (QED) is 0.881. The normalized spacial score (nSPS) is 20.4. The summed E-state index contributed by atoms with van der Waals surface area (Å²) < 4.78 is 1.19. The van der Waals surface area contributed by atoms with Crippen LogP contribution in [0.3, 0.4) is 0 Å². The maximum absolute atomic E-state index is 6.50. The van der Waals surface area contributed by atoms with Gasteiger partial charge in [-0.15, -0.1) is 0 Å². The lowest BCUT2D eigenvalue weighted by molar-refractivity contribution is 0.218. The van der Waals surface area contributed by atoms with Gasteiger partial charge in [-0.2, -0.15) is 0 Å². The third-order valence-corrected chi connectivity index (χ3v) is 5.26. The Labute approximate surface area is 113 Å². The van der Waals surface area contributed by atoms with Crippen LogP contribution < -0.4 is 5.73 Å². The van der Waals surface area contributed by atoms with Crippen molar-refractivity contribution in [3.8, 4) is 0 Å². The SMILES string of the molecule is CCC1(C(N)Cc2ccccc2Br)CCCC1. The van der Waals surface area contributed by atoms with E-state index < -0.39 is 0 Å². The van der Waals surface area contributed by atoms with Gasteiger partial charge >= 0.3 is 0 Å². The van der Waals surface area contributed by atoms with Crippen LogP contribution >= 0.6 is 15.9 Å². The lowest BCUT2D eigenvalue weighted by Crippen LogP contribution is -2.41. The molecule has 1 aromatic carbocycles. The fourth-order valence-electron chi connectivity index (χ4n) is 3.18. The van der Waals surface area contributed by atoms with Crippen molar-refractivity contribution in [2.45, 2.75) is 51.5 Å². The first-order valence-electron chi connectivity index (χ1n) is 6.67. The molecule has 1 unspecified atom stereocenters. The van der Waals surface area contributed by atoms with Gasteiger partial charge in [0.1, 0.15) is 0 Å². The molecular formula is C15H22BrN. The molecule has 0 spiro atoms. The van der Waals surface area contributed by atoms with Crippen LogP contribution in [0.25, 0.3) is 0 Å². The van der Waals surface area contributed by atoms with Crippen molar-refractivity contribution in [1.29, 1.82) is 0 Å². The monoisotopic (exact) mass is 295 g/mol. The Kier molecular flexibility index (Phi) is 4.26. The van der Waals surface area contributed by atoms with Crippen LogP contribution in [0.15, 0.2) is 28.7 Å². The minimum atomic E-state index is 0.300. The fourth-order valence-corrected chi connectivity index (χ4v) is 3.63. The van der Waals surface area contributed by atoms with Crippen molar-refractivity contribution < 1.29 is 0 Å². The molecule has 2 heteroatoms. The van der Waals surface area contributed by atoms with Crippen molar-refractivity contribution in [2.24, 2.45) is 11.1 Å². The Hall–Kier alpha value is -0.340. The Morgan fingerprint density at radius 2 is 1.94 bits per heavy atom. The molecule has 2 rings (SSSR count). The van der Waals surface area contributed by atoms with Crippen LogP contribution in [0.1, 0.15) is 44.6 Å². The van der Waals surface area contributed by atoms with Crippen LogP contribution in [0.4, 0.5) is 0 Å². The van der Waals surface area contributed by atoms with Crippen LogP contribution in [0.5, 0.6) is 0 Å². The van der Waals surface area contributed by atoms with Gasteiger partial charge in [0.05, 0.1) is 0 Å². The molecule has 1 fully saturated rings. The molecule has 0 bridgehead atoms. The van der Waals surface area contributed by atoms with E-state index in [4.69, 9.17) is 5.73 Å². The highest BCUT2D eigenvalue weighted by atomic mass is 79.9. The molecule has 0 radical (unpaired) electrons. The second kappa shape index (κ2) is 5.53. The highest BCUT2D eigenvalue weighted by Gasteiger charge is 2.37. The van der Waals surface area contributed by atoms with Gasteiger partial charge in [0.2, 0.25) is 0 Å². The van der Waals surface area contributed by atoms with Crippen LogP contribution in [0, 0.1) is 5.41 Å². The first kappa shape index (κ1) is 13.1. The minimum absolute atomic E-state index is 0.300. The maximum Gasteiger partial charge on any atom is 0.0207 e. The van der Waals surface area contributed by atoms with E-state index >= 15 is 0 Å². The van der Waals surface area contributed by atoms with Gasteiger partial charge in [-0.1, -0.05) is 53.9 Å². The van der Waals surface area contributed by atoms with Crippen molar-refractivity contribution in [3.05, 3.63) is 34.3 Å². The van der Waals surface area contributed by atoms with Crippen molar-refractivity contribution in [2.75, 3.05) is 0 Å². The predicted octanol–water partition coefficient (Wildman–Crippen LogP) is 4.29. The first-order chi connectivity index (χ1) is 8.18. The highest BCUT2D eigenvalue weighted by molar-refractivity contribution is 9.10. The van der Waals surface area contributed by atoms with Gasteiger partial charge in [-0.25, -0.2) is 0 Å². The Morgan fingerprint density at radius 3 is 2.53 bits per heavy atom. The molecule has 0 saturated heterocycles. The average molecular weight is 296 g/mol. The van der Waals surface area contributed by atoms with E-state index in [9.17, 15) is 0 Å². The fraction of sp³-hybridized carbons (Fsp3) is 0.600. The lowest BCUT2D eigenvalue weighted by Gasteiger charge is -2.34. The Balaban J connectivity index is 2.10. The second-order valence-electron chi connectivity index (χ2n) is 5.33. The lowest BCUT2D eigenvalue weighted by atomic mass is 9.74. The smallest absolute Gasteiger partial charge is 0.0207 e. The van der Waals surface area contributed by atoms with Gasteiger partial charge in [-0.3, -0.25) is 0 Å². The summed E-state index contributed by atoms with van der Waals surface area (Å²) in [5, 5.41) is 0. The molecule has 0 aliphatic heterocycles. The van der Waals surface area contributed by atoms with Gasteiger partial charge in [0.15, 0.2) is 0 Å². The zero-order chi connectivity index (χ0) is 12.3. The summed E-state index contributed by atoms with van der Waals surface area (Å²) in [5.74, 6) is 0. The average Bonchev–Trinajstić information content (AvgIpc) is 2.82. The van der Waals surface area contributed by atoms with E-state index in [0.717, 1.165) is 6.42 Å². The van der Waals surface area contributed by atoms with Gasteiger partial charge in [-0.05, 0) is 42.7 Å². The number of hydrogen-bond acceptors (Lipinski definition) is 1. The largest absolute Gasteiger partial charge is 0.327 e. The molecule has 94 valence electrons. The van der Waals surface area contributed by atoms with Crippen molar-refractivity contribution >= 4 is 15.9 Å². The van der Waals surface area contributed by atoms with Crippen molar-refractivity contribution in [3.63, 3.8) is 0 Å². The standard InChI is InChI=1S/C15H22BrN/c1-2-15(9-5-6-10-15)14(17)11-12-7-3-4-8-13(12)16/h3-4,7-8,14H,2,5-6,9-11,17H2,1H3. The van der Waals surface area contributed by atoms with E-state index in [1.54, 1.807) is 0 Å². The first-order valence-corrected chi connectivity index (χ1v) is 7.46. The van der Waals surface area contributed by atoms with Gasteiger partial charge < -0.3 is 5.73 Å². The summed E-state index contributed by atoms with van der Waals surface area (Å²) in [7, 11) is 0. The predicted molar refractivity (Wildman–Crippen MR) is 77.0 cm³/mol. The van der Waals surface area contributed by atoms with Crippen LogP contribution in [-0.4, -0.2) is 6.04 Å². The molecule has 0 aromatic heterocycles. The minimum Gasteiger partial charge on any atom is -0.327 e. The van der Waals surface area contributed by atoms with Crippen molar-refractivity contribution in [1.82, 2.24) is 0 Å². The number of benzene rings is 1.